The smallest absolute Gasteiger partial charge is 0.341 e. The van der Waals surface area contributed by atoms with E-state index in [-0.39, 0.29) is 32.7 Å². The minimum absolute atomic E-state index is 0.0420. The van der Waals surface area contributed by atoms with Crippen molar-refractivity contribution in [1.82, 2.24) is 19.9 Å². The summed E-state index contributed by atoms with van der Waals surface area (Å²) in [5.74, 6) is -1.09. The van der Waals surface area contributed by atoms with Crippen molar-refractivity contribution in [3.8, 4) is 11.3 Å². The van der Waals surface area contributed by atoms with Crippen LogP contribution in [0.25, 0.3) is 22.3 Å². The molecule has 1 N–H and O–H groups in total. The molecule has 1 amide bonds. The zero-order valence-electron chi connectivity index (χ0n) is 14.8. The van der Waals surface area contributed by atoms with Crippen LogP contribution < -0.4 is 5.32 Å². The lowest BCUT2D eigenvalue weighted by Crippen LogP contribution is -2.42. The summed E-state index contributed by atoms with van der Waals surface area (Å²) in [5.41, 5.74) is 0.440. The van der Waals surface area contributed by atoms with Gasteiger partial charge >= 0.3 is 12.4 Å². The Hall–Kier alpha value is -2.60. The summed E-state index contributed by atoms with van der Waals surface area (Å²) in [6.45, 7) is 0.758. The summed E-state index contributed by atoms with van der Waals surface area (Å²) >= 11 is 6.41. The largest absolute Gasteiger partial charge is 0.445 e. The average Bonchev–Trinajstić information content (AvgIpc) is 3.17. The van der Waals surface area contributed by atoms with Gasteiger partial charge in [0.1, 0.15) is 11.7 Å². The summed E-state index contributed by atoms with van der Waals surface area (Å²) in [6.07, 6.45) is -7.56. The number of aromatic nitrogens is 3. The number of hydrogen-bond acceptors (Lipinski definition) is 4. The SMILES string of the molecule is CC(NC(=O)/C=C/c1c(-c2ccccc2Cl)nc2sc(C(F)(F)F)nn12)C(F)(F)F. The fraction of sp³-hybridized carbons (Fsp3) is 0.235. The maximum Gasteiger partial charge on any atom is 0.445 e. The summed E-state index contributed by atoms with van der Waals surface area (Å²) < 4.78 is 77.6. The molecule has 30 heavy (non-hydrogen) atoms. The molecule has 0 saturated carbocycles. The fourth-order valence-electron chi connectivity index (χ4n) is 2.38. The van der Waals surface area contributed by atoms with Gasteiger partial charge in [-0.2, -0.15) is 26.3 Å². The van der Waals surface area contributed by atoms with E-state index in [4.69, 9.17) is 11.6 Å². The Bertz CT molecular complexity index is 1120. The zero-order valence-corrected chi connectivity index (χ0v) is 16.4. The summed E-state index contributed by atoms with van der Waals surface area (Å²) in [5, 5.41) is 4.28. The average molecular weight is 469 g/mol. The van der Waals surface area contributed by atoms with Crippen molar-refractivity contribution < 1.29 is 31.1 Å². The van der Waals surface area contributed by atoms with E-state index in [1.165, 1.54) is 6.07 Å². The minimum Gasteiger partial charge on any atom is -0.341 e. The summed E-state index contributed by atoms with van der Waals surface area (Å²) in [4.78, 5) is 15.9. The molecule has 0 saturated heterocycles. The number of alkyl halides is 6. The first-order valence-corrected chi connectivity index (χ1v) is 9.34. The van der Waals surface area contributed by atoms with Crippen molar-refractivity contribution in [3.05, 3.63) is 46.1 Å². The third kappa shape index (κ3) is 4.59. The Morgan fingerprint density at radius 1 is 1.23 bits per heavy atom. The van der Waals surface area contributed by atoms with Crippen LogP contribution in [-0.4, -0.2) is 32.7 Å². The number of fused-ring (bicyclic) bond motifs is 1. The van der Waals surface area contributed by atoms with Gasteiger partial charge in [0, 0.05) is 11.6 Å². The zero-order chi connectivity index (χ0) is 22.3. The molecule has 0 fully saturated rings. The molecule has 2 aromatic heterocycles. The molecule has 5 nitrogen and oxygen atoms in total. The fourth-order valence-corrected chi connectivity index (χ4v) is 3.38. The normalized spacial score (nSPS) is 13.9. The van der Waals surface area contributed by atoms with Crippen molar-refractivity contribution in [3.63, 3.8) is 0 Å². The molecular formula is C17H11ClF6N4OS. The lowest BCUT2D eigenvalue weighted by Gasteiger charge is -2.15. The van der Waals surface area contributed by atoms with Gasteiger partial charge in [0.2, 0.25) is 15.9 Å². The van der Waals surface area contributed by atoms with Gasteiger partial charge < -0.3 is 5.32 Å². The monoisotopic (exact) mass is 468 g/mol. The number of carbonyl (C=O) groups is 1. The highest BCUT2D eigenvalue weighted by Crippen LogP contribution is 2.36. The van der Waals surface area contributed by atoms with E-state index >= 15 is 0 Å². The van der Waals surface area contributed by atoms with Crippen LogP contribution in [0.2, 0.25) is 5.02 Å². The number of rotatable bonds is 4. The summed E-state index contributed by atoms with van der Waals surface area (Å²) in [7, 11) is 0. The standard InChI is InChI=1S/C17H11ClF6N4OS/c1-8(16(19,20)21)25-12(29)7-6-11-13(9-4-2-3-5-10(9)18)26-15-28(11)27-14(30-15)17(22,23)24/h2-8H,1H3,(H,25,29)/b7-6+. The van der Waals surface area contributed by atoms with E-state index in [0.29, 0.717) is 5.56 Å². The van der Waals surface area contributed by atoms with Gasteiger partial charge in [-0.05, 0) is 19.1 Å². The van der Waals surface area contributed by atoms with Gasteiger partial charge in [0.05, 0.1) is 10.7 Å². The number of imidazole rings is 1. The highest BCUT2D eigenvalue weighted by atomic mass is 35.5. The van der Waals surface area contributed by atoms with E-state index in [2.05, 4.69) is 10.1 Å². The van der Waals surface area contributed by atoms with Crippen LogP contribution in [0.3, 0.4) is 0 Å². The van der Waals surface area contributed by atoms with Gasteiger partial charge in [-0.15, -0.1) is 5.10 Å². The maximum atomic E-state index is 13.0. The molecule has 1 atom stereocenters. The molecule has 3 aromatic rings. The second-order valence-corrected chi connectivity index (χ2v) is 7.39. The van der Waals surface area contributed by atoms with E-state index in [1.807, 2.05) is 0 Å². The molecular weight excluding hydrogens is 458 g/mol. The summed E-state index contributed by atoms with van der Waals surface area (Å²) in [6, 6.07) is 4.23. The molecule has 3 rings (SSSR count). The van der Waals surface area contributed by atoms with E-state index in [0.717, 1.165) is 23.6 Å². The second kappa shape index (κ2) is 7.91. The molecule has 0 bridgehead atoms. The van der Waals surface area contributed by atoms with Gasteiger partial charge in [0.25, 0.3) is 0 Å². The number of carbonyl (C=O) groups excluding carboxylic acids is 1. The number of amides is 1. The predicted molar refractivity (Wildman–Crippen MR) is 99.0 cm³/mol. The highest BCUT2D eigenvalue weighted by molar-refractivity contribution is 7.16. The molecule has 0 aliphatic heterocycles. The van der Waals surface area contributed by atoms with Crippen molar-refractivity contribution in [2.24, 2.45) is 0 Å². The van der Waals surface area contributed by atoms with Crippen LogP contribution in [0.5, 0.6) is 0 Å². The molecule has 13 heteroatoms. The lowest BCUT2D eigenvalue weighted by molar-refractivity contribution is -0.156. The highest BCUT2D eigenvalue weighted by Gasteiger charge is 2.37. The predicted octanol–water partition coefficient (Wildman–Crippen LogP) is 5.21. The Kier molecular flexibility index (Phi) is 5.83. The molecule has 0 radical (unpaired) electrons. The van der Waals surface area contributed by atoms with Crippen molar-refractivity contribution in [1.29, 1.82) is 0 Å². The van der Waals surface area contributed by atoms with Gasteiger partial charge in [0.15, 0.2) is 0 Å². The molecule has 1 unspecified atom stereocenters. The van der Waals surface area contributed by atoms with Crippen LogP contribution in [0.15, 0.2) is 30.3 Å². The van der Waals surface area contributed by atoms with E-state index in [1.54, 1.807) is 23.5 Å². The van der Waals surface area contributed by atoms with Gasteiger partial charge in [-0.3, -0.25) is 4.79 Å². The molecule has 0 aliphatic rings. The third-order valence-corrected chi connectivity index (χ3v) is 5.13. The first-order valence-electron chi connectivity index (χ1n) is 8.15. The quantitative estimate of drug-likeness (QED) is 0.422. The Morgan fingerprint density at radius 2 is 1.90 bits per heavy atom. The number of halogens is 7. The number of hydrogen-bond donors (Lipinski definition) is 1. The van der Waals surface area contributed by atoms with Crippen molar-refractivity contribution in [2.75, 3.05) is 0 Å². The topological polar surface area (TPSA) is 59.3 Å². The molecule has 2 heterocycles. The Morgan fingerprint density at radius 3 is 2.50 bits per heavy atom. The first kappa shape index (κ1) is 22.1. The minimum atomic E-state index is -4.71. The van der Waals surface area contributed by atoms with Crippen molar-refractivity contribution >= 4 is 39.9 Å². The number of nitrogens with zero attached hydrogens (tertiary/aromatic N) is 3. The van der Waals surface area contributed by atoms with Crippen LogP contribution in [0, 0.1) is 0 Å². The first-order chi connectivity index (χ1) is 13.9. The van der Waals surface area contributed by atoms with E-state index < -0.39 is 29.3 Å². The van der Waals surface area contributed by atoms with Gasteiger partial charge in [-0.25, -0.2) is 9.50 Å². The Labute approximate surface area is 174 Å². The van der Waals surface area contributed by atoms with Crippen LogP contribution >= 0.6 is 22.9 Å². The number of nitrogens with one attached hydrogen (secondary N) is 1. The molecule has 0 spiro atoms. The van der Waals surface area contributed by atoms with Crippen LogP contribution in [-0.2, 0) is 11.0 Å². The number of benzene rings is 1. The van der Waals surface area contributed by atoms with Crippen LogP contribution in [0.1, 0.15) is 17.6 Å². The van der Waals surface area contributed by atoms with Crippen molar-refractivity contribution in [2.45, 2.75) is 25.3 Å². The maximum absolute atomic E-state index is 13.0. The molecule has 0 aliphatic carbocycles. The molecule has 160 valence electrons. The third-order valence-electron chi connectivity index (χ3n) is 3.85. The lowest BCUT2D eigenvalue weighted by atomic mass is 10.1. The van der Waals surface area contributed by atoms with Gasteiger partial charge in [-0.1, -0.05) is 41.1 Å². The van der Waals surface area contributed by atoms with Crippen LogP contribution in [0.4, 0.5) is 26.3 Å². The molecule has 1 aromatic carbocycles. The second-order valence-electron chi connectivity index (χ2n) is 6.03. The Balaban J connectivity index is 2.06. The van der Waals surface area contributed by atoms with E-state index in [9.17, 15) is 31.1 Å².